The number of rotatable bonds is 20. The molecule has 9 rings (SSSR count). The number of nitrogens with zero attached hydrogens (tertiary/aromatic N) is 3. The van der Waals surface area contributed by atoms with E-state index in [4.69, 9.17) is 33.7 Å². The summed E-state index contributed by atoms with van der Waals surface area (Å²) >= 11 is 0. The molecule has 14 heteroatoms. The van der Waals surface area contributed by atoms with Crippen molar-refractivity contribution >= 4 is 34.2 Å². The standard InChI is InChI=1S/C58H63N3O11/c1-5-30-69-58-53(60(36-39-18-25-51-52(31-39)68-37-67-51)54(64)27-19-38-16-21-43(22-17-38)61(65)66)35-49(59-72-57(2,3)4)47-33-42(14-8-10-28-62)46(15-9-11-29-63)55(56(47)58)48-34-45(24-26-50(48)71-58)70-44-23-20-40-12-6-7-13-41(40)32-44/h5-7,12-13,16-27,31-34,42,46,53,55-56,62-63H,1,8-11,14-15,28-30,35-37H2,2-4H3. The van der Waals surface area contributed by atoms with Crippen LogP contribution in [-0.4, -0.2) is 75.7 Å². The maximum absolute atomic E-state index is 15.4. The number of nitro groups is 1. The lowest BCUT2D eigenvalue weighted by Gasteiger charge is -2.60. The van der Waals surface area contributed by atoms with Crippen LogP contribution in [0, 0.1) is 27.9 Å². The van der Waals surface area contributed by atoms with E-state index in [0.29, 0.717) is 52.9 Å². The predicted octanol–water partition coefficient (Wildman–Crippen LogP) is 11.4. The third-order valence-electron chi connectivity index (χ3n) is 14.0. The van der Waals surface area contributed by atoms with E-state index in [1.165, 1.54) is 18.2 Å². The second-order valence-corrected chi connectivity index (χ2v) is 19.9. The lowest BCUT2D eigenvalue weighted by Crippen LogP contribution is -2.70. The second-order valence-electron chi connectivity index (χ2n) is 19.9. The van der Waals surface area contributed by atoms with Crippen LogP contribution in [0.2, 0.25) is 0 Å². The third kappa shape index (κ3) is 10.8. The average molecular weight is 978 g/mol. The topological polar surface area (TPSA) is 172 Å². The van der Waals surface area contributed by atoms with Gasteiger partial charge in [0.05, 0.1) is 23.2 Å². The van der Waals surface area contributed by atoms with Gasteiger partial charge < -0.3 is 43.6 Å². The highest BCUT2D eigenvalue weighted by Crippen LogP contribution is 2.62. The fourth-order valence-corrected chi connectivity index (χ4v) is 10.8. The largest absolute Gasteiger partial charge is 0.459 e. The minimum Gasteiger partial charge on any atom is -0.459 e. The van der Waals surface area contributed by atoms with E-state index in [9.17, 15) is 20.3 Å². The van der Waals surface area contributed by atoms with Gasteiger partial charge in [-0.15, -0.1) is 6.58 Å². The molecule has 2 aliphatic heterocycles. The third-order valence-corrected chi connectivity index (χ3v) is 14.0. The normalized spacial score (nSPS) is 22.4. The Labute approximate surface area is 420 Å². The van der Waals surface area contributed by atoms with Crippen LogP contribution >= 0.6 is 0 Å². The van der Waals surface area contributed by atoms with E-state index in [1.54, 1.807) is 29.2 Å². The number of nitro benzene ring substituents is 1. The van der Waals surface area contributed by atoms with Gasteiger partial charge in [0, 0.05) is 55.9 Å². The molecule has 14 nitrogen and oxygen atoms in total. The zero-order valence-corrected chi connectivity index (χ0v) is 41.1. The van der Waals surface area contributed by atoms with Gasteiger partial charge in [-0.2, -0.15) is 0 Å². The molecule has 376 valence electrons. The molecule has 5 aromatic rings. The SMILES string of the molecule is C=CCOC12Oc3ccc(Oc4ccc5ccccc5c4)cc3C3C(CCCCO)C(CCCCO)C=C(C(=NOC(C)(C)C)CC1N(Cc1ccc4c(c1)OCO4)C(=O)C=Cc1ccc([N+](=O)[O-])cc1)C32. The van der Waals surface area contributed by atoms with E-state index in [-0.39, 0.29) is 68.9 Å². The quantitative estimate of drug-likeness (QED) is 0.0250. The van der Waals surface area contributed by atoms with Crippen molar-refractivity contribution in [2.45, 2.75) is 95.6 Å². The summed E-state index contributed by atoms with van der Waals surface area (Å²) in [5.74, 6) is 0.283. The summed E-state index contributed by atoms with van der Waals surface area (Å²) in [6.45, 7) is 10.3. The van der Waals surface area contributed by atoms with Gasteiger partial charge in [0.1, 0.15) is 28.9 Å². The van der Waals surface area contributed by atoms with Crippen molar-refractivity contribution in [2.24, 2.45) is 22.9 Å². The lowest BCUT2D eigenvalue weighted by atomic mass is 9.55. The molecule has 1 fully saturated rings. The number of aliphatic hydroxyl groups excluding tert-OH is 2. The van der Waals surface area contributed by atoms with Gasteiger partial charge in [0.15, 0.2) is 11.5 Å². The number of oxime groups is 1. The zero-order chi connectivity index (χ0) is 50.4. The van der Waals surface area contributed by atoms with E-state index >= 15 is 4.79 Å². The van der Waals surface area contributed by atoms with Crippen molar-refractivity contribution in [1.29, 1.82) is 0 Å². The van der Waals surface area contributed by atoms with Crippen molar-refractivity contribution < 1.29 is 48.5 Å². The van der Waals surface area contributed by atoms with Crippen LogP contribution < -0.4 is 18.9 Å². The highest BCUT2D eigenvalue weighted by Gasteiger charge is 2.65. The molecule has 2 N–H and O–H groups in total. The van der Waals surface area contributed by atoms with Crippen LogP contribution in [0.3, 0.4) is 0 Å². The Balaban J connectivity index is 1.24. The number of non-ortho nitro benzene ring substituents is 1. The van der Waals surface area contributed by atoms with E-state index in [0.717, 1.165) is 53.2 Å². The first-order valence-electron chi connectivity index (χ1n) is 24.9. The first kappa shape index (κ1) is 50.0. The van der Waals surface area contributed by atoms with Gasteiger partial charge in [-0.05, 0) is 146 Å². The molecule has 0 bridgehead atoms. The smallest absolute Gasteiger partial charge is 0.269 e. The molecule has 6 unspecified atom stereocenters. The van der Waals surface area contributed by atoms with Crippen LogP contribution in [0.5, 0.6) is 28.7 Å². The number of hydrogen-bond acceptors (Lipinski definition) is 12. The summed E-state index contributed by atoms with van der Waals surface area (Å²) in [7, 11) is 0. The number of fused-ring (bicyclic) bond motifs is 4. The van der Waals surface area contributed by atoms with Crippen molar-refractivity contribution in [3.8, 4) is 28.7 Å². The fraction of sp³-hybridized carbons (Fsp3) is 0.379. The lowest BCUT2D eigenvalue weighted by molar-refractivity contribution is -0.384. The molecule has 1 amide bonds. The van der Waals surface area contributed by atoms with Crippen molar-refractivity contribution in [3.05, 3.63) is 160 Å². The maximum Gasteiger partial charge on any atom is 0.269 e. The molecule has 6 atom stereocenters. The van der Waals surface area contributed by atoms with Crippen LogP contribution in [0.25, 0.3) is 16.8 Å². The number of benzene rings is 5. The molecule has 2 heterocycles. The fourth-order valence-electron chi connectivity index (χ4n) is 10.8. The summed E-state index contributed by atoms with van der Waals surface area (Å²) in [5.41, 5.74) is 3.11. The molecule has 72 heavy (non-hydrogen) atoms. The van der Waals surface area contributed by atoms with Crippen LogP contribution in [0.15, 0.2) is 139 Å². The number of carbonyl (C=O) groups excluding carboxylic acids is 1. The summed E-state index contributed by atoms with van der Waals surface area (Å²) < 4.78 is 32.9. The number of hydrogen-bond donors (Lipinski definition) is 2. The maximum atomic E-state index is 15.4. The number of unbranched alkanes of at least 4 members (excludes halogenated alkanes) is 2. The first-order valence-corrected chi connectivity index (χ1v) is 24.9. The number of allylic oxidation sites excluding steroid dienone is 1. The minimum absolute atomic E-state index is 0.0159. The first-order chi connectivity index (χ1) is 34.9. The number of carbonyl (C=O) groups is 1. The van der Waals surface area contributed by atoms with Gasteiger partial charge in [0.25, 0.3) is 5.69 Å². The molecule has 0 radical (unpaired) electrons. The average Bonchev–Trinajstić information content (AvgIpc) is 3.85. The van der Waals surface area contributed by atoms with Crippen LogP contribution in [-0.2, 0) is 20.9 Å². The van der Waals surface area contributed by atoms with E-state index in [2.05, 4.69) is 30.9 Å². The van der Waals surface area contributed by atoms with Gasteiger partial charge in [-0.1, -0.05) is 66.5 Å². The highest BCUT2D eigenvalue weighted by molar-refractivity contribution is 6.03. The van der Waals surface area contributed by atoms with Crippen molar-refractivity contribution in [2.75, 3.05) is 26.6 Å². The molecular weight excluding hydrogens is 915 g/mol. The molecule has 2 aliphatic carbocycles. The predicted molar refractivity (Wildman–Crippen MR) is 275 cm³/mol. The summed E-state index contributed by atoms with van der Waals surface area (Å²) in [6, 6.07) is 30.9. The Kier molecular flexibility index (Phi) is 15.1. The Morgan fingerprint density at radius 3 is 2.36 bits per heavy atom. The zero-order valence-electron chi connectivity index (χ0n) is 41.1. The van der Waals surface area contributed by atoms with Crippen molar-refractivity contribution in [3.63, 3.8) is 0 Å². The minimum atomic E-state index is -1.54. The van der Waals surface area contributed by atoms with Crippen LogP contribution in [0.4, 0.5) is 5.69 Å². The number of aliphatic hydroxyl groups is 2. The number of amides is 1. The molecule has 0 spiro atoms. The Hall–Kier alpha value is -7.00. The number of ether oxygens (including phenoxy) is 5. The monoisotopic (exact) mass is 977 g/mol. The van der Waals surface area contributed by atoms with Gasteiger partial charge in [0.2, 0.25) is 18.5 Å². The molecule has 0 saturated heterocycles. The van der Waals surface area contributed by atoms with Gasteiger partial charge in [-0.3, -0.25) is 14.9 Å². The van der Waals surface area contributed by atoms with Crippen LogP contribution in [0.1, 0.15) is 88.3 Å². The van der Waals surface area contributed by atoms with Gasteiger partial charge >= 0.3 is 0 Å². The Bertz CT molecular complexity index is 2870. The van der Waals surface area contributed by atoms with E-state index < -0.39 is 28.3 Å². The second kappa shape index (κ2) is 21.8. The molecule has 1 saturated carbocycles. The molecule has 4 aliphatic rings. The molecule has 0 aromatic heterocycles. The molecule has 5 aromatic carbocycles. The summed E-state index contributed by atoms with van der Waals surface area (Å²) in [5, 5.41) is 38.8. The highest BCUT2D eigenvalue weighted by atomic mass is 16.7. The summed E-state index contributed by atoms with van der Waals surface area (Å²) in [6.07, 6.45) is 11.7. The molecular formula is C58H63N3O11. The Morgan fingerprint density at radius 1 is 0.889 bits per heavy atom. The summed E-state index contributed by atoms with van der Waals surface area (Å²) in [4.78, 5) is 34.5. The van der Waals surface area contributed by atoms with E-state index in [1.807, 2.05) is 81.4 Å². The van der Waals surface area contributed by atoms with Crippen molar-refractivity contribution in [1.82, 2.24) is 4.90 Å². The Morgan fingerprint density at radius 2 is 1.61 bits per heavy atom. The van der Waals surface area contributed by atoms with Gasteiger partial charge in [-0.25, -0.2) is 0 Å².